The Bertz CT molecular complexity index is 2290. The van der Waals surface area contributed by atoms with Gasteiger partial charge in [-0.25, -0.2) is 9.55 Å². The Morgan fingerprint density at radius 1 is 0.652 bits per heavy atom. The second kappa shape index (κ2) is 10.6. The van der Waals surface area contributed by atoms with Gasteiger partial charge in [-0.2, -0.15) is 4.57 Å². The SMILES string of the molecule is Cc1cc2c(cc1C)[n+](C)cn2-c1cc(Oc2ccc3c4ccccc4n(-c4cc(C(C)(C)C)ccn4)c3c2)cc(C(C)(C)C)c1. The molecule has 5 heteroatoms. The van der Waals surface area contributed by atoms with Crippen molar-refractivity contribution >= 4 is 32.8 Å². The molecule has 3 heterocycles. The smallest absolute Gasteiger partial charge is 0.249 e. The average Bonchev–Trinajstić information content (AvgIpc) is 3.50. The summed E-state index contributed by atoms with van der Waals surface area (Å²) >= 11 is 0. The predicted molar refractivity (Wildman–Crippen MR) is 190 cm³/mol. The Hall–Kier alpha value is -4.90. The topological polar surface area (TPSA) is 35.9 Å². The molecule has 0 atom stereocenters. The summed E-state index contributed by atoms with van der Waals surface area (Å²) in [6, 6.07) is 30.5. The largest absolute Gasteiger partial charge is 0.457 e. The van der Waals surface area contributed by atoms with Crippen LogP contribution in [0.1, 0.15) is 63.8 Å². The molecule has 0 spiro atoms. The molecule has 232 valence electrons. The van der Waals surface area contributed by atoms with E-state index in [1.807, 2.05) is 6.20 Å². The van der Waals surface area contributed by atoms with Crippen molar-refractivity contribution in [3.63, 3.8) is 0 Å². The van der Waals surface area contributed by atoms with Gasteiger partial charge in [0, 0.05) is 29.1 Å². The highest BCUT2D eigenvalue weighted by Gasteiger charge is 2.23. The third kappa shape index (κ3) is 5.14. The van der Waals surface area contributed by atoms with Gasteiger partial charge in [0.2, 0.25) is 6.33 Å². The van der Waals surface area contributed by atoms with Crippen molar-refractivity contribution in [1.29, 1.82) is 0 Å². The lowest BCUT2D eigenvalue weighted by atomic mass is 9.86. The third-order valence-electron chi connectivity index (χ3n) is 9.28. The van der Waals surface area contributed by atoms with Gasteiger partial charge in [0.25, 0.3) is 0 Å². The fraction of sp³-hybridized carbons (Fsp3) is 0.268. The second-order valence-electron chi connectivity index (χ2n) is 14.8. The van der Waals surface area contributed by atoms with E-state index in [9.17, 15) is 0 Å². The van der Waals surface area contributed by atoms with Crippen LogP contribution in [0.4, 0.5) is 0 Å². The van der Waals surface area contributed by atoms with Crippen molar-refractivity contribution in [3.05, 3.63) is 120 Å². The Morgan fingerprint density at radius 2 is 1.37 bits per heavy atom. The molecule has 7 rings (SSSR count). The summed E-state index contributed by atoms with van der Waals surface area (Å²) in [4.78, 5) is 4.85. The lowest BCUT2D eigenvalue weighted by molar-refractivity contribution is -0.645. The molecule has 0 amide bonds. The molecule has 0 saturated carbocycles. The molecule has 0 N–H and O–H groups in total. The quantitative estimate of drug-likeness (QED) is 0.187. The highest BCUT2D eigenvalue weighted by molar-refractivity contribution is 6.09. The zero-order chi connectivity index (χ0) is 32.5. The predicted octanol–water partition coefficient (Wildman–Crippen LogP) is 9.95. The Labute approximate surface area is 271 Å². The molecule has 0 saturated heterocycles. The van der Waals surface area contributed by atoms with Crippen molar-refractivity contribution in [2.24, 2.45) is 7.05 Å². The molecule has 7 aromatic rings. The Morgan fingerprint density at radius 3 is 2.13 bits per heavy atom. The van der Waals surface area contributed by atoms with Gasteiger partial charge >= 0.3 is 0 Å². The number of imidazole rings is 1. The Balaban J connectivity index is 1.38. The van der Waals surface area contributed by atoms with E-state index < -0.39 is 0 Å². The molecular formula is C41H43N4O+. The molecule has 3 aromatic heterocycles. The van der Waals surface area contributed by atoms with Crippen LogP contribution in [0.5, 0.6) is 11.5 Å². The maximum atomic E-state index is 6.76. The van der Waals surface area contributed by atoms with Gasteiger partial charge < -0.3 is 4.74 Å². The summed E-state index contributed by atoms with van der Waals surface area (Å²) in [7, 11) is 2.11. The molecule has 0 fully saturated rings. The van der Waals surface area contributed by atoms with Gasteiger partial charge in [-0.15, -0.1) is 0 Å². The molecular weight excluding hydrogens is 564 g/mol. The average molecular weight is 608 g/mol. The molecule has 0 bridgehead atoms. The number of para-hydroxylation sites is 1. The van der Waals surface area contributed by atoms with Crippen LogP contribution < -0.4 is 9.30 Å². The van der Waals surface area contributed by atoms with Crippen LogP contribution in [0, 0.1) is 13.8 Å². The van der Waals surface area contributed by atoms with E-state index >= 15 is 0 Å². The van der Waals surface area contributed by atoms with E-state index in [-0.39, 0.29) is 10.8 Å². The maximum Gasteiger partial charge on any atom is 0.249 e. The van der Waals surface area contributed by atoms with Gasteiger partial charge in [0.05, 0.1) is 18.1 Å². The van der Waals surface area contributed by atoms with Gasteiger partial charge in [0.15, 0.2) is 11.0 Å². The summed E-state index contributed by atoms with van der Waals surface area (Å²) in [6.07, 6.45) is 4.09. The Kier molecular flexibility index (Phi) is 6.86. The number of aryl methyl sites for hydroxylation is 3. The fourth-order valence-corrected chi connectivity index (χ4v) is 6.38. The minimum atomic E-state index is -0.0636. The standard InChI is InChI=1S/C41H43N4O/c1-26-18-37-38(19-27(26)2)44(25-43(37)9)30-20-29(41(6,7)8)21-32(23-30)46-31-14-15-34-33-12-10-11-13-35(33)45(36(34)24-31)39-22-28(16-17-42-39)40(3,4)5/h10-25H,1-9H3/q+1. The van der Waals surface area contributed by atoms with E-state index in [1.54, 1.807) is 0 Å². The summed E-state index contributed by atoms with van der Waals surface area (Å²) in [5, 5.41) is 2.37. The third-order valence-corrected chi connectivity index (χ3v) is 9.28. The molecule has 0 radical (unpaired) electrons. The second-order valence-corrected chi connectivity index (χ2v) is 14.8. The molecule has 5 nitrogen and oxygen atoms in total. The zero-order valence-electron chi connectivity index (χ0n) is 28.4. The van der Waals surface area contributed by atoms with E-state index in [4.69, 9.17) is 9.72 Å². The summed E-state index contributed by atoms with van der Waals surface area (Å²) in [5.74, 6) is 2.51. The first-order valence-electron chi connectivity index (χ1n) is 16.1. The zero-order valence-corrected chi connectivity index (χ0v) is 28.4. The normalized spacial score (nSPS) is 12.5. The molecule has 4 aromatic carbocycles. The molecule has 0 aliphatic heterocycles. The van der Waals surface area contributed by atoms with Crippen LogP contribution in [-0.2, 0) is 17.9 Å². The molecule has 0 unspecified atom stereocenters. The van der Waals surface area contributed by atoms with Crippen LogP contribution in [0.3, 0.4) is 0 Å². The van der Waals surface area contributed by atoms with Crippen LogP contribution >= 0.6 is 0 Å². The van der Waals surface area contributed by atoms with E-state index in [0.717, 1.165) is 34.0 Å². The highest BCUT2D eigenvalue weighted by atomic mass is 16.5. The summed E-state index contributed by atoms with van der Waals surface area (Å²) in [5.41, 5.74) is 10.6. The first-order chi connectivity index (χ1) is 21.8. The lowest BCUT2D eigenvalue weighted by Gasteiger charge is -2.21. The first kappa shape index (κ1) is 29.8. The number of rotatable bonds is 4. The highest BCUT2D eigenvalue weighted by Crippen LogP contribution is 2.37. The van der Waals surface area contributed by atoms with Crippen LogP contribution in [0.25, 0.3) is 44.3 Å². The maximum absolute atomic E-state index is 6.76. The van der Waals surface area contributed by atoms with Gasteiger partial charge in [-0.3, -0.25) is 4.57 Å². The number of benzene rings is 4. The molecule has 0 aliphatic rings. The molecule has 46 heavy (non-hydrogen) atoms. The van der Waals surface area contributed by atoms with Crippen molar-refractivity contribution < 1.29 is 9.30 Å². The fourth-order valence-electron chi connectivity index (χ4n) is 6.38. The van der Waals surface area contributed by atoms with Crippen molar-refractivity contribution in [1.82, 2.24) is 14.1 Å². The van der Waals surface area contributed by atoms with Crippen molar-refractivity contribution in [2.75, 3.05) is 0 Å². The summed E-state index contributed by atoms with van der Waals surface area (Å²) in [6.45, 7) is 17.8. The van der Waals surface area contributed by atoms with Gasteiger partial charge in [-0.1, -0.05) is 59.7 Å². The monoisotopic (exact) mass is 607 g/mol. The minimum Gasteiger partial charge on any atom is -0.457 e. The number of nitrogens with zero attached hydrogens (tertiary/aromatic N) is 4. The number of hydrogen-bond acceptors (Lipinski definition) is 2. The number of hydrogen-bond donors (Lipinski definition) is 0. The molecule has 0 aliphatic carbocycles. The van der Waals surface area contributed by atoms with Crippen LogP contribution in [0.15, 0.2) is 97.5 Å². The van der Waals surface area contributed by atoms with Gasteiger partial charge in [0.1, 0.15) is 23.0 Å². The number of ether oxygens (including phenoxy) is 1. The lowest BCUT2D eigenvalue weighted by Crippen LogP contribution is -2.25. The number of fused-ring (bicyclic) bond motifs is 4. The van der Waals surface area contributed by atoms with E-state index in [1.165, 1.54) is 44.1 Å². The number of aromatic nitrogens is 4. The number of pyridine rings is 1. The van der Waals surface area contributed by atoms with E-state index in [0.29, 0.717) is 0 Å². The van der Waals surface area contributed by atoms with Crippen LogP contribution in [0.2, 0.25) is 0 Å². The summed E-state index contributed by atoms with van der Waals surface area (Å²) < 4.78 is 13.5. The minimum absolute atomic E-state index is 0.0140. The van der Waals surface area contributed by atoms with Crippen LogP contribution in [-0.4, -0.2) is 14.1 Å². The van der Waals surface area contributed by atoms with Crippen molar-refractivity contribution in [3.8, 4) is 23.0 Å². The van der Waals surface area contributed by atoms with Crippen molar-refractivity contribution in [2.45, 2.75) is 66.2 Å². The first-order valence-corrected chi connectivity index (χ1v) is 16.1. The van der Waals surface area contributed by atoms with E-state index in [2.05, 4.69) is 167 Å². The van der Waals surface area contributed by atoms with Gasteiger partial charge in [-0.05, 0) is 102 Å².